The molecule has 0 aromatic heterocycles. The second-order valence-electron chi connectivity index (χ2n) is 3.64. The number of hydrogen-bond acceptors (Lipinski definition) is 3. The molecule has 1 amide bonds. The quantitative estimate of drug-likeness (QED) is 0.733. The number of ketones is 1. The van der Waals surface area contributed by atoms with E-state index in [1.807, 2.05) is 0 Å². The van der Waals surface area contributed by atoms with Gasteiger partial charge in [-0.15, -0.1) is 0 Å². The van der Waals surface area contributed by atoms with Gasteiger partial charge in [-0.25, -0.2) is 8.78 Å². The number of Topliss-reactive ketones (excluding diaryl/α,β-unsaturated/α-hetero) is 1. The summed E-state index contributed by atoms with van der Waals surface area (Å²) in [5.74, 6) is -2.76. The average molecular weight is 241 g/mol. The highest BCUT2D eigenvalue weighted by molar-refractivity contribution is 6.15. The van der Waals surface area contributed by atoms with E-state index in [4.69, 9.17) is 4.74 Å². The van der Waals surface area contributed by atoms with Crippen molar-refractivity contribution < 1.29 is 23.1 Å². The molecule has 2 rings (SSSR count). The fourth-order valence-corrected chi connectivity index (χ4v) is 1.75. The first-order valence-corrected chi connectivity index (χ1v) is 4.88. The Morgan fingerprint density at radius 2 is 2.00 bits per heavy atom. The van der Waals surface area contributed by atoms with Gasteiger partial charge in [-0.3, -0.25) is 9.59 Å². The summed E-state index contributed by atoms with van der Waals surface area (Å²) in [5.41, 5.74) is -0.0548. The highest BCUT2D eigenvalue weighted by Crippen LogP contribution is 2.33. The number of rotatable bonds is 2. The Balaban J connectivity index is 2.51. The van der Waals surface area contributed by atoms with Crippen molar-refractivity contribution >= 4 is 17.4 Å². The molecule has 0 bridgehead atoms. The average Bonchev–Trinajstić information content (AvgIpc) is 2.56. The molecule has 1 aromatic rings. The second-order valence-corrected chi connectivity index (χ2v) is 3.64. The van der Waals surface area contributed by atoms with Crippen LogP contribution in [0.5, 0.6) is 5.75 Å². The Morgan fingerprint density at radius 1 is 1.29 bits per heavy atom. The summed E-state index contributed by atoms with van der Waals surface area (Å²) in [7, 11) is 1.21. The Kier molecular flexibility index (Phi) is 2.79. The van der Waals surface area contributed by atoms with Gasteiger partial charge in [-0.05, 0) is 0 Å². The fourth-order valence-electron chi connectivity index (χ4n) is 1.75. The minimum Gasteiger partial charge on any atom is -0.492 e. The molecule has 1 saturated heterocycles. The van der Waals surface area contributed by atoms with E-state index in [-0.39, 0.29) is 30.2 Å². The third kappa shape index (κ3) is 1.98. The molecule has 0 aliphatic carbocycles. The number of carbonyl (C=O) groups is 2. The van der Waals surface area contributed by atoms with Crippen molar-refractivity contribution in [2.24, 2.45) is 0 Å². The third-order valence-electron chi connectivity index (χ3n) is 2.47. The molecule has 90 valence electrons. The van der Waals surface area contributed by atoms with Crippen molar-refractivity contribution in [3.05, 3.63) is 23.8 Å². The van der Waals surface area contributed by atoms with Crippen LogP contribution < -0.4 is 9.64 Å². The Labute approximate surface area is 95.8 Å². The van der Waals surface area contributed by atoms with Gasteiger partial charge in [-0.1, -0.05) is 0 Å². The summed E-state index contributed by atoms with van der Waals surface area (Å²) in [4.78, 5) is 23.6. The third-order valence-corrected chi connectivity index (χ3v) is 2.47. The van der Waals surface area contributed by atoms with Crippen LogP contribution in [-0.4, -0.2) is 25.3 Å². The van der Waals surface area contributed by atoms with E-state index in [1.54, 1.807) is 0 Å². The van der Waals surface area contributed by atoms with Gasteiger partial charge < -0.3 is 9.64 Å². The van der Waals surface area contributed by atoms with E-state index in [9.17, 15) is 18.4 Å². The van der Waals surface area contributed by atoms with Crippen molar-refractivity contribution in [2.45, 2.75) is 6.42 Å². The Morgan fingerprint density at radius 3 is 2.53 bits per heavy atom. The maximum Gasteiger partial charge on any atom is 0.235 e. The number of nitrogens with zero attached hydrogens (tertiary/aromatic N) is 1. The number of anilines is 1. The number of carbonyl (C=O) groups excluding carboxylic acids is 2. The molecule has 0 N–H and O–H groups in total. The highest BCUT2D eigenvalue weighted by atomic mass is 19.1. The molecular formula is C11H9F2NO3. The number of amides is 1. The molecule has 6 heteroatoms. The molecule has 4 nitrogen and oxygen atoms in total. The molecule has 17 heavy (non-hydrogen) atoms. The van der Waals surface area contributed by atoms with Crippen LogP contribution >= 0.6 is 0 Å². The van der Waals surface area contributed by atoms with E-state index in [2.05, 4.69) is 0 Å². The number of ether oxygens (including phenoxy) is 1. The predicted molar refractivity (Wildman–Crippen MR) is 54.9 cm³/mol. The molecular weight excluding hydrogens is 232 g/mol. The number of methoxy groups -OCH3 is 1. The van der Waals surface area contributed by atoms with Crippen LogP contribution in [-0.2, 0) is 9.59 Å². The molecule has 1 heterocycles. The molecule has 0 radical (unpaired) electrons. The van der Waals surface area contributed by atoms with Crippen LogP contribution in [0.4, 0.5) is 14.5 Å². The highest BCUT2D eigenvalue weighted by Gasteiger charge is 2.31. The van der Waals surface area contributed by atoms with Crippen molar-refractivity contribution in [1.82, 2.24) is 0 Å². The zero-order valence-electron chi connectivity index (χ0n) is 9.00. The molecule has 0 saturated carbocycles. The Bertz CT molecular complexity index is 502. The fraction of sp³-hybridized carbons (Fsp3) is 0.273. The van der Waals surface area contributed by atoms with Crippen LogP contribution in [0.25, 0.3) is 0 Å². The molecule has 1 aromatic carbocycles. The lowest BCUT2D eigenvalue weighted by Gasteiger charge is -2.18. The summed E-state index contributed by atoms with van der Waals surface area (Å²) in [6, 6.07) is 1.63. The predicted octanol–water partition coefficient (Wildman–Crippen LogP) is 1.28. The SMILES string of the molecule is COc1c(F)cc(F)cc1N1CC(=O)CC1=O. The van der Waals surface area contributed by atoms with E-state index in [0.29, 0.717) is 6.07 Å². The minimum atomic E-state index is -0.908. The van der Waals surface area contributed by atoms with Gasteiger partial charge in [0.25, 0.3) is 0 Å². The standard InChI is InChI=1S/C11H9F2NO3/c1-17-11-8(13)2-6(12)3-9(11)14-5-7(15)4-10(14)16/h2-3H,4-5H2,1H3. The first-order valence-electron chi connectivity index (χ1n) is 4.88. The van der Waals surface area contributed by atoms with Gasteiger partial charge in [0.1, 0.15) is 5.82 Å². The minimum absolute atomic E-state index is 0.0548. The molecule has 0 spiro atoms. The smallest absolute Gasteiger partial charge is 0.235 e. The van der Waals surface area contributed by atoms with E-state index < -0.39 is 17.5 Å². The van der Waals surface area contributed by atoms with Gasteiger partial charge >= 0.3 is 0 Å². The van der Waals surface area contributed by atoms with Gasteiger partial charge in [0.05, 0.1) is 25.8 Å². The van der Waals surface area contributed by atoms with Crippen LogP contribution in [0.15, 0.2) is 12.1 Å². The lowest BCUT2D eigenvalue weighted by Crippen LogP contribution is -2.25. The molecule has 0 unspecified atom stereocenters. The maximum absolute atomic E-state index is 13.4. The zero-order chi connectivity index (χ0) is 12.6. The number of benzene rings is 1. The maximum atomic E-state index is 13.4. The molecule has 1 aliphatic rings. The van der Waals surface area contributed by atoms with Gasteiger partial charge in [0, 0.05) is 12.1 Å². The first kappa shape index (κ1) is 11.5. The molecule has 0 atom stereocenters. The van der Waals surface area contributed by atoms with Crippen LogP contribution in [0, 0.1) is 11.6 Å². The largest absolute Gasteiger partial charge is 0.492 e. The van der Waals surface area contributed by atoms with Gasteiger partial charge in [0.15, 0.2) is 17.3 Å². The summed E-state index contributed by atoms with van der Waals surface area (Å²) < 4.78 is 31.3. The Hall–Kier alpha value is -1.98. The lowest BCUT2D eigenvalue weighted by molar-refractivity contribution is -0.121. The second kappa shape index (κ2) is 4.12. The molecule has 1 fully saturated rings. The number of halogens is 2. The monoisotopic (exact) mass is 241 g/mol. The zero-order valence-corrected chi connectivity index (χ0v) is 9.00. The van der Waals surface area contributed by atoms with Crippen LogP contribution in [0.3, 0.4) is 0 Å². The summed E-state index contributed by atoms with van der Waals surface area (Å²) >= 11 is 0. The van der Waals surface area contributed by atoms with E-state index >= 15 is 0 Å². The summed E-state index contributed by atoms with van der Waals surface area (Å²) in [5, 5.41) is 0. The van der Waals surface area contributed by atoms with Crippen molar-refractivity contribution in [1.29, 1.82) is 0 Å². The normalized spacial score (nSPS) is 15.6. The topological polar surface area (TPSA) is 46.6 Å². The van der Waals surface area contributed by atoms with Gasteiger partial charge in [-0.2, -0.15) is 0 Å². The van der Waals surface area contributed by atoms with E-state index in [1.165, 1.54) is 7.11 Å². The lowest BCUT2D eigenvalue weighted by atomic mass is 10.2. The number of hydrogen-bond donors (Lipinski definition) is 0. The first-order chi connectivity index (χ1) is 8.02. The van der Waals surface area contributed by atoms with Crippen LogP contribution in [0.2, 0.25) is 0 Å². The van der Waals surface area contributed by atoms with Gasteiger partial charge in [0.2, 0.25) is 5.91 Å². The van der Waals surface area contributed by atoms with Crippen molar-refractivity contribution in [3.63, 3.8) is 0 Å². The summed E-state index contributed by atoms with van der Waals surface area (Å²) in [6.45, 7) is -0.182. The van der Waals surface area contributed by atoms with Crippen molar-refractivity contribution in [2.75, 3.05) is 18.6 Å². The van der Waals surface area contributed by atoms with Crippen LogP contribution in [0.1, 0.15) is 6.42 Å². The van der Waals surface area contributed by atoms with Crippen molar-refractivity contribution in [3.8, 4) is 5.75 Å². The summed E-state index contributed by atoms with van der Waals surface area (Å²) in [6.07, 6.45) is -0.249. The molecule has 1 aliphatic heterocycles. The van der Waals surface area contributed by atoms with E-state index in [0.717, 1.165) is 11.0 Å².